The van der Waals surface area contributed by atoms with Crippen molar-refractivity contribution in [3.8, 4) is 0 Å². The maximum absolute atomic E-state index is 14.4. The Bertz CT molecular complexity index is 591. The summed E-state index contributed by atoms with van der Waals surface area (Å²) in [6, 6.07) is 5.04. The summed E-state index contributed by atoms with van der Waals surface area (Å²) < 4.78 is 14.4. The van der Waals surface area contributed by atoms with Gasteiger partial charge in [-0.15, -0.1) is 0 Å². The van der Waals surface area contributed by atoms with E-state index in [9.17, 15) is 14.3 Å². The number of hydrogen-bond donors (Lipinski definition) is 1. The lowest BCUT2D eigenvalue weighted by Gasteiger charge is -2.44. The monoisotopic (exact) mass is 320 g/mol. The SMILES string of the molecule is CN(C)C(=O)C1CC(O)(c2ccc(CN3CCCC3)c(F)c2)C1. The Hall–Kier alpha value is -1.46. The van der Waals surface area contributed by atoms with Crippen LogP contribution in [0.5, 0.6) is 0 Å². The highest BCUT2D eigenvalue weighted by Gasteiger charge is 2.47. The molecule has 1 amide bonds. The van der Waals surface area contributed by atoms with Gasteiger partial charge < -0.3 is 10.0 Å². The van der Waals surface area contributed by atoms with Crippen LogP contribution in [-0.2, 0) is 16.9 Å². The summed E-state index contributed by atoms with van der Waals surface area (Å²) in [5.74, 6) is -0.395. The molecule has 2 aliphatic rings. The molecule has 1 aliphatic heterocycles. The highest BCUT2D eigenvalue weighted by atomic mass is 19.1. The van der Waals surface area contributed by atoms with Gasteiger partial charge in [-0.25, -0.2) is 4.39 Å². The fraction of sp³-hybridized carbons (Fsp3) is 0.611. The van der Waals surface area contributed by atoms with Crippen molar-refractivity contribution in [1.82, 2.24) is 9.80 Å². The molecule has 1 aromatic rings. The molecule has 1 N–H and O–H groups in total. The molecule has 1 heterocycles. The lowest BCUT2D eigenvalue weighted by atomic mass is 9.67. The number of benzene rings is 1. The number of aliphatic hydroxyl groups is 1. The standard InChI is InChI=1S/C18H25FN2O2/c1-20(2)17(22)14-10-18(23,11-14)15-6-5-13(16(19)9-15)12-21-7-3-4-8-21/h5-6,9,14,23H,3-4,7-8,10-12H2,1-2H3. The summed E-state index contributed by atoms with van der Waals surface area (Å²) in [6.45, 7) is 2.69. The van der Waals surface area contributed by atoms with Gasteiger partial charge in [0.15, 0.2) is 0 Å². The van der Waals surface area contributed by atoms with Crippen molar-refractivity contribution < 1.29 is 14.3 Å². The maximum Gasteiger partial charge on any atom is 0.225 e. The molecular formula is C18H25FN2O2. The molecule has 1 aliphatic carbocycles. The van der Waals surface area contributed by atoms with Crippen LogP contribution < -0.4 is 0 Å². The molecule has 0 bridgehead atoms. The van der Waals surface area contributed by atoms with Crippen LogP contribution in [0.4, 0.5) is 4.39 Å². The molecule has 3 rings (SSSR count). The molecule has 0 aromatic heterocycles. The van der Waals surface area contributed by atoms with Crippen LogP contribution in [0.15, 0.2) is 18.2 Å². The first-order valence-electron chi connectivity index (χ1n) is 8.34. The van der Waals surface area contributed by atoms with Gasteiger partial charge in [0.05, 0.1) is 5.60 Å². The van der Waals surface area contributed by atoms with Gasteiger partial charge in [0, 0.05) is 32.1 Å². The number of halogens is 1. The van der Waals surface area contributed by atoms with E-state index in [4.69, 9.17) is 0 Å². The lowest BCUT2D eigenvalue weighted by molar-refractivity contribution is -0.150. The van der Waals surface area contributed by atoms with Gasteiger partial charge in [-0.3, -0.25) is 9.69 Å². The molecule has 0 atom stereocenters. The van der Waals surface area contributed by atoms with Crippen molar-refractivity contribution in [1.29, 1.82) is 0 Å². The number of nitrogens with zero attached hydrogens (tertiary/aromatic N) is 2. The summed E-state index contributed by atoms with van der Waals surface area (Å²) in [7, 11) is 3.43. The van der Waals surface area contributed by atoms with Crippen molar-refractivity contribution in [3.05, 3.63) is 35.1 Å². The smallest absolute Gasteiger partial charge is 0.225 e. The van der Waals surface area contributed by atoms with Crippen molar-refractivity contribution in [2.24, 2.45) is 5.92 Å². The average Bonchev–Trinajstić information content (AvgIpc) is 2.98. The quantitative estimate of drug-likeness (QED) is 0.924. The molecule has 0 unspecified atom stereocenters. The van der Waals surface area contributed by atoms with Gasteiger partial charge in [0.1, 0.15) is 5.82 Å². The molecule has 4 nitrogen and oxygen atoms in total. The molecule has 5 heteroatoms. The minimum Gasteiger partial charge on any atom is -0.385 e. The summed E-state index contributed by atoms with van der Waals surface area (Å²) in [6.07, 6.45) is 3.10. The zero-order chi connectivity index (χ0) is 16.6. The number of rotatable bonds is 4. The Morgan fingerprint density at radius 1 is 1.35 bits per heavy atom. The second-order valence-corrected chi connectivity index (χ2v) is 7.16. The molecular weight excluding hydrogens is 295 g/mol. The van der Waals surface area contributed by atoms with Crippen molar-refractivity contribution in [2.45, 2.75) is 37.8 Å². The minimum atomic E-state index is -1.07. The topological polar surface area (TPSA) is 43.8 Å². The van der Waals surface area contributed by atoms with Crippen LogP contribution in [0.3, 0.4) is 0 Å². The molecule has 23 heavy (non-hydrogen) atoms. The van der Waals surface area contributed by atoms with Crippen molar-refractivity contribution in [2.75, 3.05) is 27.2 Å². The van der Waals surface area contributed by atoms with E-state index < -0.39 is 5.60 Å². The molecule has 1 saturated heterocycles. The van der Waals surface area contributed by atoms with E-state index in [1.54, 1.807) is 25.1 Å². The molecule has 1 aromatic carbocycles. The first kappa shape index (κ1) is 16.4. The third-order valence-electron chi connectivity index (χ3n) is 5.14. The zero-order valence-corrected chi connectivity index (χ0v) is 13.9. The van der Waals surface area contributed by atoms with Crippen LogP contribution in [0, 0.1) is 11.7 Å². The zero-order valence-electron chi connectivity index (χ0n) is 13.9. The number of carbonyl (C=O) groups is 1. The number of likely N-dealkylation sites (tertiary alicyclic amines) is 1. The summed E-state index contributed by atoms with van der Waals surface area (Å²) >= 11 is 0. The van der Waals surface area contributed by atoms with Gasteiger partial charge in [-0.05, 0) is 50.4 Å². The van der Waals surface area contributed by atoms with Gasteiger partial charge in [0.2, 0.25) is 5.91 Å². The largest absolute Gasteiger partial charge is 0.385 e. The molecule has 1 saturated carbocycles. The van der Waals surface area contributed by atoms with E-state index in [0.717, 1.165) is 13.1 Å². The van der Waals surface area contributed by atoms with Gasteiger partial charge in [0.25, 0.3) is 0 Å². The third kappa shape index (κ3) is 3.26. The van der Waals surface area contributed by atoms with Gasteiger partial charge in [-0.2, -0.15) is 0 Å². The first-order valence-corrected chi connectivity index (χ1v) is 8.34. The fourth-order valence-corrected chi connectivity index (χ4v) is 3.68. The Labute approximate surface area is 136 Å². The normalized spacial score (nSPS) is 27.7. The van der Waals surface area contributed by atoms with E-state index in [1.807, 2.05) is 6.07 Å². The number of amides is 1. The highest BCUT2D eigenvalue weighted by molar-refractivity contribution is 5.79. The predicted molar refractivity (Wildman–Crippen MR) is 86.2 cm³/mol. The maximum atomic E-state index is 14.4. The summed E-state index contributed by atoms with van der Waals surface area (Å²) in [4.78, 5) is 15.7. The van der Waals surface area contributed by atoms with Crippen LogP contribution in [0.2, 0.25) is 0 Å². The Morgan fingerprint density at radius 2 is 2.00 bits per heavy atom. The van der Waals surface area contributed by atoms with Gasteiger partial charge >= 0.3 is 0 Å². The van der Waals surface area contributed by atoms with E-state index in [1.165, 1.54) is 18.9 Å². The van der Waals surface area contributed by atoms with Crippen molar-refractivity contribution >= 4 is 5.91 Å². The predicted octanol–water partition coefficient (Wildman–Crippen LogP) is 2.11. The van der Waals surface area contributed by atoms with Crippen LogP contribution >= 0.6 is 0 Å². The van der Waals surface area contributed by atoms with Crippen LogP contribution in [0.25, 0.3) is 0 Å². The summed E-state index contributed by atoms with van der Waals surface area (Å²) in [5.41, 5.74) is 0.200. The molecule has 126 valence electrons. The molecule has 0 radical (unpaired) electrons. The minimum absolute atomic E-state index is 0.0285. The number of hydrogen-bond acceptors (Lipinski definition) is 3. The fourth-order valence-electron chi connectivity index (χ4n) is 3.68. The van der Waals surface area contributed by atoms with E-state index >= 15 is 0 Å². The van der Waals surface area contributed by atoms with E-state index in [-0.39, 0.29) is 17.6 Å². The molecule has 2 fully saturated rings. The third-order valence-corrected chi connectivity index (χ3v) is 5.14. The first-order chi connectivity index (χ1) is 10.9. The van der Waals surface area contributed by atoms with E-state index in [0.29, 0.717) is 30.5 Å². The summed E-state index contributed by atoms with van der Waals surface area (Å²) in [5, 5.41) is 10.6. The second kappa shape index (κ2) is 6.21. The van der Waals surface area contributed by atoms with Crippen LogP contribution in [-0.4, -0.2) is 48.0 Å². The van der Waals surface area contributed by atoms with Gasteiger partial charge in [-0.1, -0.05) is 12.1 Å². The Morgan fingerprint density at radius 3 is 2.57 bits per heavy atom. The Balaban J connectivity index is 1.67. The molecule has 0 spiro atoms. The second-order valence-electron chi connectivity index (χ2n) is 7.16. The highest BCUT2D eigenvalue weighted by Crippen LogP contribution is 2.46. The van der Waals surface area contributed by atoms with Crippen molar-refractivity contribution in [3.63, 3.8) is 0 Å². The average molecular weight is 320 g/mol. The Kier molecular flexibility index (Phi) is 4.43. The lowest BCUT2D eigenvalue weighted by Crippen LogP contribution is -2.47. The number of carbonyl (C=O) groups excluding carboxylic acids is 1. The van der Waals surface area contributed by atoms with E-state index in [2.05, 4.69) is 4.90 Å². The van der Waals surface area contributed by atoms with Crippen LogP contribution in [0.1, 0.15) is 36.8 Å².